The normalized spacial score (nSPS) is 32.7. The molecule has 2 nitrogen and oxygen atoms in total. The number of fused-ring (bicyclic) bond motifs is 2. The Morgan fingerprint density at radius 1 is 1.12 bits per heavy atom. The van der Waals surface area contributed by atoms with Gasteiger partial charge in [0.15, 0.2) is 0 Å². The minimum Gasteiger partial charge on any atom is -0.382 e. The smallest absolute Gasteiger partial charge is 0.123 e. The second-order valence-electron chi connectivity index (χ2n) is 5.37. The molecule has 0 aliphatic carbocycles. The van der Waals surface area contributed by atoms with Crippen molar-refractivity contribution in [2.75, 3.05) is 12.4 Å². The number of nitrogens with one attached hydrogen (secondary N) is 1. The highest BCUT2D eigenvalue weighted by molar-refractivity contribution is 5.44. The van der Waals surface area contributed by atoms with Crippen LogP contribution in [0.5, 0.6) is 0 Å². The summed E-state index contributed by atoms with van der Waals surface area (Å²) in [5.41, 5.74) is 1.04. The van der Waals surface area contributed by atoms with Crippen LogP contribution >= 0.6 is 0 Å². The summed E-state index contributed by atoms with van der Waals surface area (Å²) in [7, 11) is 2.25. The molecule has 2 unspecified atom stereocenters. The topological polar surface area (TPSA) is 15.3 Å². The van der Waals surface area contributed by atoms with Crippen LogP contribution in [0.15, 0.2) is 24.3 Å². The number of hydrogen-bond acceptors (Lipinski definition) is 2. The Morgan fingerprint density at radius 2 is 1.71 bits per heavy atom. The van der Waals surface area contributed by atoms with Gasteiger partial charge in [-0.15, -0.1) is 0 Å². The molecular weight excluding hydrogens is 215 g/mol. The van der Waals surface area contributed by atoms with Gasteiger partial charge in [-0.25, -0.2) is 4.39 Å². The maximum atomic E-state index is 12.8. The molecule has 0 saturated carbocycles. The lowest BCUT2D eigenvalue weighted by molar-refractivity contribution is 0.169. The molecule has 2 aliphatic heterocycles. The lowest BCUT2D eigenvalue weighted by Gasteiger charge is -2.37. The highest BCUT2D eigenvalue weighted by Crippen LogP contribution is 2.35. The Kier molecular flexibility index (Phi) is 2.79. The van der Waals surface area contributed by atoms with Crippen LogP contribution in [0.4, 0.5) is 10.1 Å². The van der Waals surface area contributed by atoms with Gasteiger partial charge >= 0.3 is 0 Å². The summed E-state index contributed by atoms with van der Waals surface area (Å²) in [5, 5.41) is 3.54. The van der Waals surface area contributed by atoms with E-state index in [1.54, 1.807) is 0 Å². The van der Waals surface area contributed by atoms with Crippen molar-refractivity contribution < 1.29 is 4.39 Å². The van der Waals surface area contributed by atoms with Crippen LogP contribution in [0.1, 0.15) is 25.7 Å². The molecule has 92 valence electrons. The van der Waals surface area contributed by atoms with Crippen molar-refractivity contribution in [3.8, 4) is 0 Å². The maximum absolute atomic E-state index is 12.8. The van der Waals surface area contributed by atoms with E-state index in [1.165, 1.54) is 37.8 Å². The summed E-state index contributed by atoms with van der Waals surface area (Å²) < 4.78 is 12.8. The highest BCUT2D eigenvalue weighted by atomic mass is 19.1. The number of rotatable bonds is 2. The fourth-order valence-electron chi connectivity index (χ4n) is 3.31. The number of nitrogens with zero attached hydrogens (tertiary/aromatic N) is 1. The monoisotopic (exact) mass is 234 g/mol. The van der Waals surface area contributed by atoms with Crippen molar-refractivity contribution in [3.05, 3.63) is 30.1 Å². The molecule has 2 atom stereocenters. The fourth-order valence-corrected chi connectivity index (χ4v) is 3.31. The Balaban J connectivity index is 1.65. The van der Waals surface area contributed by atoms with Gasteiger partial charge in [-0.2, -0.15) is 0 Å². The molecule has 0 amide bonds. The van der Waals surface area contributed by atoms with E-state index >= 15 is 0 Å². The first kappa shape index (κ1) is 11.0. The Morgan fingerprint density at radius 3 is 2.29 bits per heavy atom. The molecule has 2 saturated heterocycles. The largest absolute Gasteiger partial charge is 0.382 e. The van der Waals surface area contributed by atoms with Crippen LogP contribution < -0.4 is 5.32 Å². The van der Waals surface area contributed by atoms with Gasteiger partial charge in [-0.3, -0.25) is 0 Å². The van der Waals surface area contributed by atoms with Gasteiger partial charge in [-0.05, 0) is 57.0 Å². The van der Waals surface area contributed by atoms with Crippen LogP contribution in [-0.2, 0) is 0 Å². The van der Waals surface area contributed by atoms with E-state index in [1.807, 2.05) is 12.1 Å². The molecule has 1 N–H and O–H groups in total. The van der Waals surface area contributed by atoms with Crippen molar-refractivity contribution in [1.29, 1.82) is 0 Å². The summed E-state index contributed by atoms with van der Waals surface area (Å²) >= 11 is 0. The number of anilines is 1. The quantitative estimate of drug-likeness (QED) is 0.846. The summed E-state index contributed by atoms with van der Waals surface area (Å²) in [4.78, 5) is 2.53. The Hall–Kier alpha value is -1.09. The van der Waals surface area contributed by atoms with Gasteiger partial charge in [0.1, 0.15) is 5.82 Å². The second-order valence-corrected chi connectivity index (χ2v) is 5.37. The van der Waals surface area contributed by atoms with E-state index < -0.39 is 0 Å². The van der Waals surface area contributed by atoms with E-state index in [9.17, 15) is 4.39 Å². The van der Waals surface area contributed by atoms with Crippen molar-refractivity contribution >= 4 is 5.69 Å². The number of piperidine rings is 1. The standard InChI is InChI=1S/C14H19FN2/c1-17-13-6-7-14(17)9-12(8-13)16-11-4-2-10(15)3-5-11/h2-5,12-14,16H,6-9H2,1H3. The van der Waals surface area contributed by atoms with Gasteiger partial charge in [0.2, 0.25) is 0 Å². The first-order valence-electron chi connectivity index (χ1n) is 6.46. The molecule has 2 heterocycles. The summed E-state index contributed by atoms with van der Waals surface area (Å²) in [6.07, 6.45) is 5.10. The number of halogens is 1. The summed E-state index contributed by atoms with van der Waals surface area (Å²) in [6, 6.07) is 8.73. The molecule has 0 radical (unpaired) electrons. The lowest BCUT2D eigenvalue weighted by atomic mass is 9.98. The molecule has 3 rings (SSSR count). The van der Waals surface area contributed by atoms with E-state index in [-0.39, 0.29) is 5.82 Å². The zero-order chi connectivity index (χ0) is 11.8. The maximum Gasteiger partial charge on any atom is 0.123 e. The van der Waals surface area contributed by atoms with E-state index in [4.69, 9.17) is 0 Å². The van der Waals surface area contributed by atoms with Crippen LogP contribution in [-0.4, -0.2) is 30.1 Å². The molecule has 2 bridgehead atoms. The van der Waals surface area contributed by atoms with Crippen molar-refractivity contribution in [2.24, 2.45) is 0 Å². The molecule has 2 aliphatic rings. The second kappa shape index (κ2) is 4.30. The summed E-state index contributed by atoms with van der Waals surface area (Å²) in [5.74, 6) is -0.168. The third-order valence-corrected chi connectivity index (χ3v) is 4.31. The molecule has 0 spiro atoms. The van der Waals surface area contributed by atoms with Gasteiger partial charge in [0.05, 0.1) is 0 Å². The third-order valence-electron chi connectivity index (χ3n) is 4.31. The zero-order valence-electron chi connectivity index (χ0n) is 10.2. The van der Waals surface area contributed by atoms with E-state index in [2.05, 4.69) is 17.3 Å². The Bertz CT molecular complexity index is 376. The SMILES string of the molecule is CN1C2CCC1CC(Nc1ccc(F)cc1)C2. The van der Waals surface area contributed by atoms with Crippen molar-refractivity contribution in [1.82, 2.24) is 4.90 Å². The van der Waals surface area contributed by atoms with Crippen LogP contribution in [0.3, 0.4) is 0 Å². The summed E-state index contributed by atoms with van der Waals surface area (Å²) in [6.45, 7) is 0. The Labute approximate surface area is 102 Å². The van der Waals surface area contributed by atoms with Crippen LogP contribution in [0, 0.1) is 5.82 Å². The molecule has 17 heavy (non-hydrogen) atoms. The first-order chi connectivity index (χ1) is 8.22. The molecule has 1 aromatic carbocycles. The predicted molar refractivity (Wildman–Crippen MR) is 67.6 cm³/mol. The first-order valence-corrected chi connectivity index (χ1v) is 6.46. The minimum absolute atomic E-state index is 0.168. The molecule has 3 heteroatoms. The minimum atomic E-state index is -0.168. The van der Waals surface area contributed by atoms with Gasteiger partial charge in [0.25, 0.3) is 0 Å². The predicted octanol–water partition coefficient (Wildman–Crippen LogP) is 2.86. The van der Waals surface area contributed by atoms with Crippen LogP contribution in [0.25, 0.3) is 0 Å². The fraction of sp³-hybridized carbons (Fsp3) is 0.571. The van der Waals surface area contributed by atoms with Crippen molar-refractivity contribution in [3.63, 3.8) is 0 Å². The molecule has 2 fully saturated rings. The third kappa shape index (κ3) is 2.16. The van der Waals surface area contributed by atoms with Crippen molar-refractivity contribution in [2.45, 2.75) is 43.8 Å². The van der Waals surface area contributed by atoms with E-state index in [0.29, 0.717) is 6.04 Å². The molecule has 0 aromatic heterocycles. The lowest BCUT2D eigenvalue weighted by Crippen LogP contribution is -2.44. The van der Waals surface area contributed by atoms with Crippen LogP contribution in [0.2, 0.25) is 0 Å². The highest BCUT2D eigenvalue weighted by Gasteiger charge is 2.38. The van der Waals surface area contributed by atoms with Gasteiger partial charge in [0, 0.05) is 23.8 Å². The number of hydrogen-bond donors (Lipinski definition) is 1. The average molecular weight is 234 g/mol. The van der Waals surface area contributed by atoms with E-state index in [0.717, 1.165) is 17.8 Å². The average Bonchev–Trinajstić information content (AvgIpc) is 2.55. The zero-order valence-corrected chi connectivity index (χ0v) is 10.2. The van der Waals surface area contributed by atoms with Gasteiger partial charge in [-0.1, -0.05) is 0 Å². The number of benzene rings is 1. The molecule has 1 aromatic rings. The van der Waals surface area contributed by atoms with Gasteiger partial charge < -0.3 is 10.2 Å². The molecular formula is C14H19FN2.